The second kappa shape index (κ2) is 36.3. The van der Waals surface area contributed by atoms with Gasteiger partial charge < -0.3 is 90.6 Å². The summed E-state index contributed by atoms with van der Waals surface area (Å²) in [6, 6.07) is 65.7. The largest absolute Gasteiger partial charge is 0.454 e. The van der Waals surface area contributed by atoms with Crippen LogP contribution in [0.15, 0.2) is 212 Å². The van der Waals surface area contributed by atoms with Crippen LogP contribution in [0.1, 0.15) is 85.3 Å². The maximum Gasteiger partial charge on any atom is 0.338 e. The highest BCUT2D eigenvalue weighted by molar-refractivity contribution is 5.89. The average molecular weight is 1420 g/mol. The first-order valence-electron chi connectivity index (χ1n) is 35.2. The Labute approximate surface area is 601 Å². The van der Waals surface area contributed by atoms with E-state index in [9.17, 15) is 9.59 Å². The van der Waals surface area contributed by atoms with Gasteiger partial charge in [-0.05, 0) is 73.2 Å². The van der Waals surface area contributed by atoms with Crippen LogP contribution >= 0.6 is 0 Å². The lowest BCUT2D eigenvalue weighted by Crippen LogP contribution is -2.71. The van der Waals surface area contributed by atoms with E-state index in [-0.39, 0.29) is 58.4 Å². The maximum absolute atomic E-state index is 15.3. The van der Waals surface area contributed by atoms with Crippen LogP contribution in [0.25, 0.3) is 0 Å². The molecular formula is C81H93NO21. The van der Waals surface area contributed by atoms with Gasteiger partial charge in [0.2, 0.25) is 5.91 Å². The zero-order valence-electron chi connectivity index (χ0n) is 59.0. The Morgan fingerprint density at radius 2 is 0.816 bits per heavy atom. The van der Waals surface area contributed by atoms with Gasteiger partial charge in [-0.25, -0.2) is 4.79 Å². The highest BCUT2D eigenvalue weighted by Crippen LogP contribution is 2.42. The number of carbonyl (C=O) groups excluding carboxylic acids is 3. The summed E-state index contributed by atoms with van der Waals surface area (Å²) in [6.45, 7) is 10.4. The summed E-state index contributed by atoms with van der Waals surface area (Å²) in [5.74, 6) is -3.09. The fourth-order valence-electron chi connectivity index (χ4n) is 13.6. The number of benzene rings is 7. The Bertz CT molecular complexity index is 3700. The van der Waals surface area contributed by atoms with Crippen LogP contribution in [0.5, 0.6) is 0 Å². The molecule has 12 rings (SSSR count). The molecule has 0 radical (unpaired) electrons. The molecule has 5 fully saturated rings. The van der Waals surface area contributed by atoms with Gasteiger partial charge in [0.05, 0.1) is 70.6 Å². The molecule has 1 N–H and O–H groups in total. The zero-order chi connectivity index (χ0) is 71.7. The summed E-state index contributed by atoms with van der Waals surface area (Å²) < 4.78 is 124. The molecule has 7 aromatic carbocycles. The van der Waals surface area contributed by atoms with E-state index in [1.807, 2.05) is 182 Å². The van der Waals surface area contributed by atoms with Crippen LogP contribution in [0.4, 0.5) is 0 Å². The third kappa shape index (κ3) is 20.0. The first kappa shape index (κ1) is 75.0. The van der Waals surface area contributed by atoms with Gasteiger partial charge in [0.15, 0.2) is 43.2 Å². The van der Waals surface area contributed by atoms with Crippen molar-refractivity contribution in [2.24, 2.45) is 0 Å². The Morgan fingerprint density at radius 3 is 1.25 bits per heavy atom. The van der Waals surface area contributed by atoms with Crippen LogP contribution in [-0.4, -0.2) is 167 Å². The first-order valence-corrected chi connectivity index (χ1v) is 35.2. The van der Waals surface area contributed by atoms with Crippen LogP contribution in [0, 0.1) is 0 Å². The van der Waals surface area contributed by atoms with Crippen molar-refractivity contribution in [3.63, 3.8) is 0 Å². The Morgan fingerprint density at radius 1 is 0.427 bits per heavy atom. The Kier molecular flexibility index (Phi) is 26.5. The van der Waals surface area contributed by atoms with Crippen molar-refractivity contribution in [1.82, 2.24) is 5.32 Å². The number of fused-ring (bicyclic) bond motifs is 1. The van der Waals surface area contributed by atoms with E-state index in [1.54, 1.807) is 58.0 Å². The molecule has 7 aromatic rings. The monoisotopic (exact) mass is 1420 g/mol. The second-order valence-electron chi connectivity index (χ2n) is 26.7. The van der Waals surface area contributed by atoms with E-state index >= 15 is 4.79 Å². The minimum absolute atomic E-state index is 0.0151. The molecule has 0 aromatic heterocycles. The number of esters is 2. The molecule has 5 aliphatic heterocycles. The third-order valence-electron chi connectivity index (χ3n) is 18.6. The summed E-state index contributed by atoms with van der Waals surface area (Å²) in [5.41, 5.74) is 5.37. The fraction of sp³-hybridized carbons (Fsp3) is 0.444. The molecule has 548 valence electrons. The van der Waals surface area contributed by atoms with Gasteiger partial charge in [0, 0.05) is 21.0 Å². The number of ether oxygens (including phenoxy) is 18. The Balaban J connectivity index is 0.983. The average Bonchev–Trinajstić information content (AvgIpc) is 0.760. The number of nitrogens with one attached hydrogen (secondary N) is 1. The SMILES string of the molecule is CO[C@@H]1O[C@@H]2COC(C)(C)O[C@H]2[C@H](O[C@@H]2O[C@@H](C)[C@H](OCc3ccccc3)[C@@H](O[C@@H]3O[C@@H](C)[C@H](OCc4ccccc4)[C@@H](O[C@H]4O[C@H](COCc5ccccc5)[C@@H](OCc5ccccc5)[C@H](OCc5ccccc5)[C@H]4OCc4ccccc4)[C@H]3OC(=O)c3ccccc3)[C@H]2OC(C)=O)[C@H]1NC(C)=O. The zero-order valence-corrected chi connectivity index (χ0v) is 59.0. The molecule has 22 nitrogen and oxygen atoms in total. The normalized spacial score (nSPS) is 30.5. The maximum atomic E-state index is 15.3. The van der Waals surface area contributed by atoms with Gasteiger partial charge in [0.1, 0.15) is 73.2 Å². The van der Waals surface area contributed by atoms with Crippen molar-refractivity contribution in [1.29, 1.82) is 0 Å². The molecule has 20 atom stereocenters. The van der Waals surface area contributed by atoms with Crippen molar-refractivity contribution in [3.05, 3.63) is 251 Å². The predicted octanol–water partition coefficient (Wildman–Crippen LogP) is 10.7. The third-order valence-corrected chi connectivity index (χ3v) is 18.6. The van der Waals surface area contributed by atoms with E-state index < -0.39 is 146 Å². The number of hydrogen-bond acceptors (Lipinski definition) is 21. The van der Waals surface area contributed by atoms with Crippen LogP contribution in [0.2, 0.25) is 0 Å². The standard InChI is InChI=1S/C81H93NO21/c1-51-65(88-44-56-31-17-9-18-32-56)71(74(96-54(4)84)79(94-51)100-69-64(82-53(3)83)77(86-7)97-63-50-93-81(5,6)103-68(63)69)102-80-75(99-76(85)61-41-27-14-28-42-61)72(66(52(2)95-80)89-45-57-33-19-10-20-34-57)101-78-73(92-48-60-39-25-13-26-40-60)70(91-47-59-37-23-12-24-38-59)67(90-46-58-35-21-11-22-36-58)62(98-78)49-87-43-55-29-15-8-16-30-55/h8-42,51-52,62-75,77-80H,43-50H2,1-7H3,(H,82,83)/t51-,52-,62+,63+,64+,65-,66-,67+,68+,69+,70-,71+,72+,73+,74+,75+,77+,78+,79-,80-/m0/s1. The van der Waals surface area contributed by atoms with E-state index in [0.29, 0.717) is 0 Å². The fourth-order valence-corrected chi connectivity index (χ4v) is 13.6. The number of hydrogen-bond donors (Lipinski definition) is 1. The van der Waals surface area contributed by atoms with E-state index in [1.165, 1.54) is 21.0 Å². The van der Waals surface area contributed by atoms with Crippen LogP contribution < -0.4 is 5.32 Å². The van der Waals surface area contributed by atoms with Crippen molar-refractivity contribution < 1.29 is 99.6 Å². The lowest BCUT2D eigenvalue weighted by Gasteiger charge is -2.53. The van der Waals surface area contributed by atoms with Gasteiger partial charge in [-0.3, -0.25) is 9.59 Å². The Hall–Kier alpha value is -7.69. The smallest absolute Gasteiger partial charge is 0.338 e. The van der Waals surface area contributed by atoms with Crippen molar-refractivity contribution in [2.75, 3.05) is 20.3 Å². The number of carbonyl (C=O) groups is 3. The van der Waals surface area contributed by atoms with Crippen molar-refractivity contribution in [3.8, 4) is 0 Å². The van der Waals surface area contributed by atoms with Gasteiger partial charge in [-0.15, -0.1) is 0 Å². The molecule has 22 heteroatoms. The molecule has 0 saturated carbocycles. The highest BCUT2D eigenvalue weighted by Gasteiger charge is 2.60. The van der Waals surface area contributed by atoms with Gasteiger partial charge in [-0.1, -0.05) is 200 Å². The van der Waals surface area contributed by atoms with E-state index in [4.69, 9.17) is 85.3 Å². The molecule has 0 aliphatic carbocycles. The van der Waals surface area contributed by atoms with Crippen LogP contribution in [0.3, 0.4) is 0 Å². The summed E-state index contributed by atoms with van der Waals surface area (Å²) in [4.78, 5) is 42.5. The van der Waals surface area contributed by atoms with E-state index in [2.05, 4.69) is 5.32 Å². The first-order chi connectivity index (χ1) is 50.1. The number of rotatable bonds is 30. The molecule has 0 unspecified atom stereocenters. The lowest BCUT2D eigenvalue weighted by molar-refractivity contribution is -0.402. The lowest BCUT2D eigenvalue weighted by atomic mass is 9.93. The molecule has 103 heavy (non-hydrogen) atoms. The molecule has 0 spiro atoms. The predicted molar refractivity (Wildman–Crippen MR) is 373 cm³/mol. The van der Waals surface area contributed by atoms with Crippen molar-refractivity contribution in [2.45, 2.75) is 210 Å². The minimum atomic E-state index is -1.64. The molecule has 1 amide bonds. The summed E-state index contributed by atoms with van der Waals surface area (Å²) >= 11 is 0. The van der Waals surface area contributed by atoms with E-state index in [0.717, 1.165) is 33.4 Å². The van der Waals surface area contributed by atoms with Gasteiger partial charge >= 0.3 is 11.9 Å². The molecule has 0 bridgehead atoms. The minimum Gasteiger partial charge on any atom is -0.454 e. The number of amides is 1. The van der Waals surface area contributed by atoms with Crippen LogP contribution in [-0.2, 0) is 134 Å². The quantitative estimate of drug-likeness (QED) is 0.0413. The van der Waals surface area contributed by atoms with Crippen molar-refractivity contribution >= 4 is 17.8 Å². The molecule has 5 heterocycles. The summed E-state index contributed by atoms with van der Waals surface area (Å²) in [7, 11) is 1.44. The second-order valence-corrected chi connectivity index (χ2v) is 26.7. The molecule has 5 aliphatic rings. The van der Waals surface area contributed by atoms with Gasteiger partial charge in [0.25, 0.3) is 0 Å². The summed E-state index contributed by atoms with van der Waals surface area (Å²) in [6.07, 6.45) is -22.4. The molecular weight excluding hydrogens is 1320 g/mol. The number of methoxy groups -OCH3 is 1. The summed E-state index contributed by atoms with van der Waals surface area (Å²) in [5, 5.41) is 2.96. The van der Waals surface area contributed by atoms with Gasteiger partial charge in [-0.2, -0.15) is 0 Å². The topological polar surface area (TPSA) is 229 Å². The molecule has 5 saturated heterocycles. The highest BCUT2D eigenvalue weighted by atomic mass is 16.8.